The Hall–Kier alpha value is -0.790. The van der Waals surface area contributed by atoms with Crippen molar-refractivity contribution in [3.63, 3.8) is 0 Å². The Labute approximate surface area is 67.6 Å². The van der Waals surface area contributed by atoms with Gasteiger partial charge in [-0.2, -0.15) is 0 Å². The summed E-state index contributed by atoms with van der Waals surface area (Å²) >= 11 is 0. The van der Waals surface area contributed by atoms with Gasteiger partial charge in [-0.1, -0.05) is 27.7 Å². The van der Waals surface area contributed by atoms with Gasteiger partial charge < -0.3 is 4.42 Å². The first-order valence-corrected chi connectivity index (χ1v) is 3.91. The molecule has 0 aromatic carbocycles. The van der Waals surface area contributed by atoms with Gasteiger partial charge in [0.05, 0.1) is 6.20 Å². The van der Waals surface area contributed by atoms with E-state index in [0.29, 0.717) is 5.92 Å². The van der Waals surface area contributed by atoms with Gasteiger partial charge in [-0.3, -0.25) is 0 Å². The van der Waals surface area contributed by atoms with Crippen LogP contribution in [0.3, 0.4) is 0 Å². The van der Waals surface area contributed by atoms with E-state index >= 15 is 0 Å². The summed E-state index contributed by atoms with van der Waals surface area (Å²) < 4.78 is 5.21. The molecule has 1 atom stereocenters. The van der Waals surface area contributed by atoms with E-state index in [1.165, 1.54) is 0 Å². The minimum absolute atomic E-state index is 0.227. The summed E-state index contributed by atoms with van der Waals surface area (Å²) in [6.07, 6.45) is 3.31. The van der Waals surface area contributed by atoms with Crippen LogP contribution in [0.25, 0.3) is 0 Å². The SMILES string of the molecule is CC(c1ncco1)C(C)(C)C. The molecule has 0 bridgehead atoms. The third kappa shape index (κ3) is 1.82. The van der Waals surface area contributed by atoms with Crippen LogP contribution in [0, 0.1) is 5.41 Å². The van der Waals surface area contributed by atoms with E-state index in [0.717, 1.165) is 5.89 Å². The fourth-order valence-electron chi connectivity index (χ4n) is 0.819. The van der Waals surface area contributed by atoms with Gasteiger partial charge in [0.15, 0.2) is 5.89 Å². The fourth-order valence-corrected chi connectivity index (χ4v) is 0.819. The molecule has 1 heterocycles. The maximum absolute atomic E-state index is 5.21. The lowest BCUT2D eigenvalue weighted by Crippen LogP contribution is -2.15. The van der Waals surface area contributed by atoms with E-state index in [-0.39, 0.29) is 5.41 Å². The lowest BCUT2D eigenvalue weighted by Gasteiger charge is -2.23. The minimum Gasteiger partial charge on any atom is -0.449 e. The van der Waals surface area contributed by atoms with Crippen LogP contribution in [-0.2, 0) is 0 Å². The van der Waals surface area contributed by atoms with Crippen LogP contribution in [0.15, 0.2) is 16.9 Å². The van der Waals surface area contributed by atoms with Gasteiger partial charge in [0.2, 0.25) is 0 Å². The van der Waals surface area contributed by atoms with E-state index in [2.05, 4.69) is 32.7 Å². The van der Waals surface area contributed by atoms with Crippen LogP contribution < -0.4 is 0 Å². The second kappa shape index (κ2) is 2.68. The van der Waals surface area contributed by atoms with Crippen LogP contribution in [0.5, 0.6) is 0 Å². The van der Waals surface area contributed by atoms with Gasteiger partial charge in [-0.05, 0) is 5.41 Å². The largest absolute Gasteiger partial charge is 0.449 e. The third-order valence-corrected chi connectivity index (χ3v) is 2.12. The molecule has 0 spiro atoms. The van der Waals surface area contributed by atoms with Gasteiger partial charge >= 0.3 is 0 Å². The van der Waals surface area contributed by atoms with E-state index < -0.39 is 0 Å². The van der Waals surface area contributed by atoms with E-state index in [1.54, 1.807) is 12.5 Å². The van der Waals surface area contributed by atoms with Crippen LogP contribution >= 0.6 is 0 Å². The highest BCUT2D eigenvalue weighted by atomic mass is 16.3. The molecule has 62 valence electrons. The van der Waals surface area contributed by atoms with Crippen molar-refractivity contribution >= 4 is 0 Å². The van der Waals surface area contributed by atoms with Crippen molar-refractivity contribution in [3.8, 4) is 0 Å². The zero-order chi connectivity index (χ0) is 8.48. The number of hydrogen-bond donors (Lipinski definition) is 0. The van der Waals surface area contributed by atoms with E-state index in [1.807, 2.05) is 0 Å². The zero-order valence-corrected chi connectivity index (χ0v) is 7.59. The third-order valence-electron chi connectivity index (χ3n) is 2.12. The summed E-state index contributed by atoms with van der Waals surface area (Å²) in [5.74, 6) is 1.20. The first-order valence-electron chi connectivity index (χ1n) is 3.91. The summed E-state index contributed by atoms with van der Waals surface area (Å²) in [6.45, 7) is 8.68. The van der Waals surface area contributed by atoms with Crippen molar-refractivity contribution in [1.82, 2.24) is 4.98 Å². The first kappa shape index (κ1) is 8.31. The molecule has 0 amide bonds. The number of aromatic nitrogens is 1. The molecule has 2 heteroatoms. The van der Waals surface area contributed by atoms with Crippen LogP contribution in [-0.4, -0.2) is 4.98 Å². The van der Waals surface area contributed by atoms with Crippen molar-refractivity contribution in [2.45, 2.75) is 33.6 Å². The molecule has 0 saturated heterocycles. The predicted molar refractivity (Wildman–Crippen MR) is 44.4 cm³/mol. The molecule has 0 N–H and O–H groups in total. The normalized spacial score (nSPS) is 14.9. The smallest absolute Gasteiger partial charge is 0.197 e. The summed E-state index contributed by atoms with van der Waals surface area (Å²) in [5.41, 5.74) is 0.227. The fraction of sp³-hybridized carbons (Fsp3) is 0.667. The summed E-state index contributed by atoms with van der Waals surface area (Å²) in [5, 5.41) is 0. The summed E-state index contributed by atoms with van der Waals surface area (Å²) in [6, 6.07) is 0. The van der Waals surface area contributed by atoms with Crippen LogP contribution in [0.2, 0.25) is 0 Å². The number of rotatable bonds is 1. The number of nitrogens with zero attached hydrogens (tertiary/aromatic N) is 1. The Kier molecular flexibility index (Phi) is 2.03. The van der Waals surface area contributed by atoms with Crippen LogP contribution in [0.4, 0.5) is 0 Å². The first-order chi connectivity index (χ1) is 5.02. The molecule has 1 unspecified atom stereocenters. The van der Waals surface area contributed by atoms with Gasteiger partial charge in [0.25, 0.3) is 0 Å². The standard InChI is InChI=1S/C9H15NO/c1-7(9(2,3)4)8-10-5-6-11-8/h5-7H,1-4H3. The van der Waals surface area contributed by atoms with Gasteiger partial charge in [-0.25, -0.2) is 4.98 Å². The van der Waals surface area contributed by atoms with Crippen molar-refractivity contribution in [1.29, 1.82) is 0 Å². The van der Waals surface area contributed by atoms with Gasteiger partial charge in [0, 0.05) is 5.92 Å². The van der Waals surface area contributed by atoms with Gasteiger partial charge in [-0.15, -0.1) is 0 Å². The Morgan fingerprint density at radius 1 is 1.45 bits per heavy atom. The molecule has 1 aromatic heterocycles. The molecule has 0 saturated carbocycles. The molecule has 0 aliphatic carbocycles. The molecule has 0 aliphatic rings. The lowest BCUT2D eigenvalue weighted by atomic mass is 9.82. The Morgan fingerprint density at radius 3 is 2.45 bits per heavy atom. The van der Waals surface area contributed by atoms with Crippen molar-refractivity contribution in [2.75, 3.05) is 0 Å². The topological polar surface area (TPSA) is 26.0 Å². The highest BCUT2D eigenvalue weighted by Gasteiger charge is 2.24. The number of hydrogen-bond acceptors (Lipinski definition) is 2. The monoisotopic (exact) mass is 153 g/mol. The molecule has 1 rings (SSSR count). The molecule has 0 fully saturated rings. The lowest BCUT2D eigenvalue weighted by molar-refractivity contribution is 0.288. The average Bonchev–Trinajstić information content (AvgIpc) is 2.34. The van der Waals surface area contributed by atoms with Crippen LogP contribution in [0.1, 0.15) is 39.5 Å². The van der Waals surface area contributed by atoms with E-state index in [4.69, 9.17) is 4.42 Å². The maximum Gasteiger partial charge on any atom is 0.197 e. The minimum atomic E-state index is 0.227. The van der Waals surface area contributed by atoms with Gasteiger partial charge in [0.1, 0.15) is 6.26 Å². The Morgan fingerprint density at radius 2 is 2.09 bits per heavy atom. The Balaban J connectivity index is 2.78. The van der Waals surface area contributed by atoms with E-state index in [9.17, 15) is 0 Å². The zero-order valence-electron chi connectivity index (χ0n) is 7.59. The quantitative estimate of drug-likeness (QED) is 0.620. The highest BCUT2D eigenvalue weighted by Crippen LogP contribution is 2.32. The molecule has 1 aromatic rings. The summed E-state index contributed by atoms with van der Waals surface area (Å²) in [4.78, 5) is 4.12. The number of oxazole rings is 1. The molecular weight excluding hydrogens is 138 g/mol. The molecular formula is C9H15NO. The second-order valence-corrected chi connectivity index (χ2v) is 3.96. The molecule has 0 radical (unpaired) electrons. The molecule has 11 heavy (non-hydrogen) atoms. The van der Waals surface area contributed by atoms with Crippen molar-refractivity contribution < 1.29 is 4.42 Å². The second-order valence-electron chi connectivity index (χ2n) is 3.96. The predicted octanol–water partition coefficient (Wildman–Crippen LogP) is 2.82. The average molecular weight is 153 g/mol. The van der Waals surface area contributed by atoms with Crippen molar-refractivity contribution in [3.05, 3.63) is 18.4 Å². The summed E-state index contributed by atoms with van der Waals surface area (Å²) in [7, 11) is 0. The maximum atomic E-state index is 5.21. The Bertz CT molecular complexity index is 208. The molecule has 2 nitrogen and oxygen atoms in total. The van der Waals surface area contributed by atoms with Crippen molar-refractivity contribution in [2.24, 2.45) is 5.41 Å². The highest BCUT2D eigenvalue weighted by molar-refractivity contribution is 4.95. The molecule has 0 aliphatic heterocycles.